The van der Waals surface area contributed by atoms with Crippen molar-refractivity contribution in [2.75, 3.05) is 11.5 Å². The molecule has 1 N–H and O–H groups in total. The van der Waals surface area contributed by atoms with Crippen molar-refractivity contribution in [3.63, 3.8) is 0 Å². The lowest BCUT2D eigenvalue weighted by Crippen LogP contribution is -2.28. The van der Waals surface area contributed by atoms with Crippen LogP contribution in [0.5, 0.6) is 0 Å². The van der Waals surface area contributed by atoms with Gasteiger partial charge in [0.05, 0.1) is 23.1 Å². The number of nitrogens with zero attached hydrogens (tertiary/aromatic N) is 1. The van der Waals surface area contributed by atoms with Crippen LogP contribution in [-0.2, 0) is 14.6 Å². The second-order valence-electron chi connectivity index (χ2n) is 4.85. The topological polar surface area (TPSA) is 75.6 Å². The molecule has 1 fully saturated rings. The van der Waals surface area contributed by atoms with Crippen molar-refractivity contribution >= 4 is 21.5 Å². The van der Waals surface area contributed by atoms with Gasteiger partial charge in [-0.05, 0) is 18.4 Å². The molecule has 0 radical (unpaired) electrons. The highest BCUT2D eigenvalue weighted by molar-refractivity contribution is 7.91. The largest absolute Gasteiger partial charge is 0.273 e. The number of amides is 1. The quantitative estimate of drug-likeness (QED) is 0.673. The molecule has 0 spiro atoms. The van der Waals surface area contributed by atoms with Gasteiger partial charge in [0, 0.05) is 0 Å². The van der Waals surface area contributed by atoms with Crippen LogP contribution in [0.4, 0.5) is 0 Å². The molecule has 1 aliphatic rings. The van der Waals surface area contributed by atoms with E-state index in [2.05, 4.69) is 10.5 Å². The van der Waals surface area contributed by atoms with Crippen molar-refractivity contribution in [1.29, 1.82) is 0 Å². The number of sulfone groups is 1. The van der Waals surface area contributed by atoms with Gasteiger partial charge < -0.3 is 0 Å². The zero-order valence-electron chi connectivity index (χ0n) is 11.4. The minimum atomic E-state index is -3.05. The molecule has 0 aromatic heterocycles. The first-order valence-corrected chi connectivity index (χ1v) is 8.46. The fourth-order valence-corrected chi connectivity index (χ4v) is 3.94. The molecule has 1 aromatic carbocycles. The zero-order valence-corrected chi connectivity index (χ0v) is 12.2. The van der Waals surface area contributed by atoms with E-state index >= 15 is 0 Å². The van der Waals surface area contributed by atoms with E-state index in [4.69, 9.17) is 0 Å². The molecular weight excluding hydrogens is 276 g/mol. The first-order chi connectivity index (χ1) is 9.52. The van der Waals surface area contributed by atoms with Crippen molar-refractivity contribution in [2.24, 2.45) is 11.0 Å². The molecule has 108 valence electrons. The maximum absolute atomic E-state index is 11.9. The lowest BCUT2D eigenvalue weighted by atomic mass is 10.1. The van der Waals surface area contributed by atoms with Crippen molar-refractivity contribution in [2.45, 2.75) is 19.8 Å². The fourth-order valence-electron chi connectivity index (χ4n) is 2.19. The lowest BCUT2D eigenvalue weighted by molar-refractivity contribution is -0.124. The summed E-state index contributed by atoms with van der Waals surface area (Å²) in [5, 5.41) is 4.13. The average Bonchev–Trinajstić information content (AvgIpc) is 2.81. The van der Waals surface area contributed by atoms with Crippen molar-refractivity contribution in [3.8, 4) is 0 Å². The third-order valence-corrected chi connectivity index (χ3v) is 5.11. The summed E-state index contributed by atoms with van der Waals surface area (Å²) in [4.78, 5) is 11.9. The highest BCUT2D eigenvalue weighted by atomic mass is 32.2. The Balaban J connectivity index is 2.03. The Morgan fingerprint density at radius 2 is 2.05 bits per heavy atom. The Morgan fingerprint density at radius 1 is 1.35 bits per heavy atom. The van der Waals surface area contributed by atoms with Gasteiger partial charge in [-0.15, -0.1) is 0 Å². The van der Waals surface area contributed by atoms with Gasteiger partial charge >= 0.3 is 0 Å². The molecule has 1 atom stereocenters. The van der Waals surface area contributed by atoms with Crippen LogP contribution < -0.4 is 5.43 Å². The van der Waals surface area contributed by atoms with Crippen LogP contribution in [-0.4, -0.2) is 31.5 Å². The molecule has 20 heavy (non-hydrogen) atoms. The van der Waals surface area contributed by atoms with Gasteiger partial charge in [-0.1, -0.05) is 37.3 Å². The van der Waals surface area contributed by atoms with Crippen LogP contribution >= 0.6 is 0 Å². The van der Waals surface area contributed by atoms with Crippen LogP contribution in [0.25, 0.3) is 0 Å². The van der Waals surface area contributed by atoms with E-state index in [9.17, 15) is 13.2 Å². The lowest BCUT2D eigenvalue weighted by Gasteiger charge is -2.08. The number of hydrogen-bond acceptors (Lipinski definition) is 4. The standard InChI is InChI=1S/C14H18N2O3S/c1-2-13(11-6-4-3-5-7-11)15-16-14(17)12-8-9-20(18,19)10-12/h3-7,12H,2,8-10H2,1H3,(H,16,17)/b15-13-/t12-/m0/s1. The molecule has 1 aromatic rings. The highest BCUT2D eigenvalue weighted by Crippen LogP contribution is 2.18. The first-order valence-electron chi connectivity index (χ1n) is 6.64. The molecule has 1 amide bonds. The van der Waals surface area contributed by atoms with Crippen LogP contribution in [0.3, 0.4) is 0 Å². The van der Waals surface area contributed by atoms with Gasteiger partial charge in [0.15, 0.2) is 9.84 Å². The molecule has 0 saturated carbocycles. The van der Waals surface area contributed by atoms with Crippen LogP contribution in [0.1, 0.15) is 25.3 Å². The Hall–Kier alpha value is -1.69. The maximum atomic E-state index is 11.9. The van der Waals surface area contributed by atoms with Gasteiger partial charge in [0.2, 0.25) is 5.91 Å². The number of hydrogen-bond donors (Lipinski definition) is 1. The molecular formula is C14H18N2O3S. The maximum Gasteiger partial charge on any atom is 0.244 e. The predicted octanol–water partition coefficient (Wildman–Crippen LogP) is 1.35. The fraction of sp³-hybridized carbons (Fsp3) is 0.429. The van der Waals surface area contributed by atoms with Crippen LogP contribution in [0.15, 0.2) is 35.4 Å². The third-order valence-electron chi connectivity index (χ3n) is 3.35. The van der Waals surface area contributed by atoms with Gasteiger partial charge in [0.1, 0.15) is 0 Å². The van der Waals surface area contributed by atoms with Crippen LogP contribution in [0.2, 0.25) is 0 Å². The smallest absolute Gasteiger partial charge is 0.244 e. The summed E-state index contributed by atoms with van der Waals surface area (Å²) in [6, 6.07) is 9.58. The van der Waals surface area contributed by atoms with Crippen molar-refractivity contribution in [3.05, 3.63) is 35.9 Å². The summed E-state index contributed by atoms with van der Waals surface area (Å²) in [5.74, 6) is -0.763. The minimum absolute atomic E-state index is 0.0683. The van der Waals surface area contributed by atoms with Gasteiger partial charge in [-0.25, -0.2) is 13.8 Å². The zero-order chi connectivity index (χ0) is 14.6. The summed E-state index contributed by atoms with van der Waals surface area (Å²) in [5.41, 5.74) is 4.23. The van der Waals surface area contributed by atoms with Crippen molar-refractivity contribution < 1.29 is 13.2 Å². The molecule has 0 unspecified atom stereocenters. The Bertz CT molecular complexity index is 609. The number of carbonyl (C=O) groups excluding carboxylic acids is 1. The van der Waals surface area contributed by atoms with E-state index < -0.39 is 15.8 Å². The Kier molecular flexibility index (Phi) is 4.54. The summed E-state index contributed by atoms with van der Waals surface area (Å²) < 4.78 is 22.7. The van der Waals surface area contributed by atoms with Gasteiger partial charge in [-0.2, -0.15) is 5.10 Å². The molecule has 1 aliphatic heterocycles. The molecule has 1 saturated heterocycles. The van der Waals surface area contributed by atoms with E-state index in [0.29, 0.717) is 12.8 Å². The molecule has 0 aliphatic carbocycles. The van der Waals surface area contributed by atoms with E-state index in [0.717, 1.165) is 11.3 Å². The van der Waals surface area contributed by atoms with E-state index in [-0.39, 0.29) is 17.4 Å². The summed E-state index contributed by atoms with van der Waals surface area (Å²) in [6.07, 6.45) is 1.07. The SMILES string of the molecule is CC/C(=N/NC(=O)[C@H]1CCS(=O)(=O)C1)c1ccccc1. The monoisotopic (exact) mass is 294 g/mol. The molecule has 0 bridgehead atoms. The van der Waals surface area contributed by atoms with E-state index in [1.165, 1.54) is 0 Å². The normalized spacial score (nSPS) is 21.6. The number of benzene rings is 1. The van der Waals surface area contributed by atoms with Crippen molar-refractivity contribution in [1.82, 2.24) is 5.43 Å². The van der Waals surface area contributed by atoms with E-state index in [1.54, 1.807) is 0 Å². The Morgan fingerprint density at radius 3 is 2.60 bits per heavy atom. The minimum Gasteiger partial charge on any atom is -0.273 e. The highest BCUT2D eigenvalue weighted by Gasteiger charge is 2.32. The number of carbonyl (C=O) groups is 1. The molecule has 5 nitrogen and oxygen atoms in total. The average molecular weight is 294 g/mol. The molecule has 6 heteroatoms. The Labute approximate surface area is 119 Å². The summed E-state index contributed by atoms with van der Waals surface area (Å²) >= 11 is 0. The molecule has 1 heterocycles. The van der Waals surface area contributed by atoms with Gasteiger partial charge in [0.25, 0.3) is 0 Å². The second kappa shape index (κ2) is 6.17. The first kappa shape index (κ1) is 14.7. The summed E-state index contributed by atoms with van der Waals surface area (Å²) in [6.45, 7) is 1.96. The van der Waals surface area contributed by atoms with Crippen LogP contribution in [0, 0.1) is 5.92 Å². The molecule has 2 rings (SSSR count). The second-order valence-corrected chi connectivity index (χ2v) is 7.08. The number of nitrogens with one attached hydrogen (secondary N) is 1. The number of rotatable bonds is 4. The third kappa shape index (κ3) is 3.66. The predicted molar refractivity (Wildman–Crippen MR) is 78.2 cm³/mol. The summed E-state index contributed by atoms with van der Waals surface area (Å²) in [7, 11) is -3.05. The van der Waals surface area contributed by atoms with E-state index in [1.807, 2.05) is 37.3 Å². The number of hydrazone groups is 1. The van der Waals surface area contributed by atoms with Gasteiger partial charge in [-0.3, -0.25) is 4.79 Å².